The second kappa shape index (κ2) is 8.11. The summed E-state index contributed by atoms with van der Waals surface area (Å²) >= 11 is 0. The van der Waals surface area contributed by atoms with Crippen molar-refractivity contribution in [1.29, 1.82) is 5.26 Å². The molecular formula is C17H27N3. The zero-order chi connectivity index (χ0) is 14.2. The van der Waals surface area contributed by atoms with Crippen molar-refractivity contribution in [2.24, 2.45) is 0 Å². The molecule has 1 atom stereocenters. The molecule has 20 heavy (non-hydrogen) atoms. The van der Waals surface area contributed by atoms with Gasteiger partial charge in [-0.05, 0) is 56.2 Å². The molecule has 1 aromatic rings. The highest BCUT2D eigenvalue weighted by Crippen LogP contribution is 2.29. The van der Waals surface area contributed by atoms with Crippen LogP contribution in [0.25, 0.3) is 0 Å². The Kier molecular flexibility index (Phi) is 6.14. The van der Waals surface area contributed by atoms with Crippen LogP contribution in [-0.2, 0) is 13.0 Å². The summed E-state index contributed by atoms with van der Waals surface area (Å²) in [6.07, 6.45) is 13.8. The van der Waals surface area contributed by atoms with E-state index in [1.807, 2.05) is 0 Å². The summed E-state index contributed by atoms with van der Waals surface area (Å²) in [5, 5.41) is 12.3. The molecule has 2 rings (SSSR count). The van der Waals surface area contributed by atoms with E-state index in [4.69, 9.17) is 5.26 Å². The number of unbranched alkanes of at least 4 members (excludes halogenated alkanes) is 2. The lowest BCUT2D eigenvalue weighted by atomic mass is 10.0. The molecule has 0 saturated heterocycles. The first kappa shape index (κ1) is 15.1. The summed E-state index contributed by atoms with van der Waals surface area (Å²) in [6.45, 7) is 4.39. The Balaban J connectivity index is 1.99. The standard InChI is InChI=1S/C17H27N3/c1-2-11-19-17-9-5-4-8-15-13-20(14-16(15)17)12-7-3-6-10-18/h13-14,17,19H,2-9,11-12H2,1H3. The van der Waals surface area contributed by atoms with Gasteiger partial charge in [-0.25, -0.2) is 0 Å². The summed E-state index contributed by atoms with van der Waals surface area (Å²) in [4.78, 5) is 0. The van der Waals surface area contributed by atoms with Gasteiger partial charge in [0.15, 0.2) is 0 Å². The van der Waals surface area contributed by atoms with E-state index in [0.717, 1.165) is 25.9 Å². The molecular weight excluding hydrogens is 246 g/mol. The Bertz CT molecular complexity index is 442. The van der Waals surface area contributed by atoms with E-state index < -0.39 is 0 Å². The van der Waals surface area contributed by atoms with Crippen molar-refractivity contribution in [2.45, 2.75) is 70.9 Å². The summed E-state index contributed by atoms with van der Waals surface area (Å²) in [5.74, 6) is 0. The van der Waals surface area contributed by atoms with Crippen LogP contribution in [0.5, 0.6) is 0 Å². The van der Waals surface area contributed by atoms with Crippen LogP contribution in [0, 0.1) is 11.3 Å². The third-order valence-corrected chi connectivity index (χ3v) is 4.16. The number of nitrogens with one attached hydrogen (secondary N) is 1. The summed E-state index contributed by atoms with van der Waals surface area (Å²) < 4.78 is 2.34. The number of nitrogens with zero attached hydrogens (tertiary/aromatic N) is 2. The van der Waals surface area contributed by atoms with Gasteiger partial charge in [0.1, 0.15) is 0 Å². The van der Waals surface area contributed by atoms with Gasteiger partial charge >= 0.3 is 0 Å². The van der Waals surface area contributed by atoms with Crippen LogP contribution in [-0.4, -0.2) is 11.1 Å². The van der Waals surface area contributed by atoms with Crippen molar-refractivity contribution < 1.29 is 0 Å². The third-order valence-electron chi connectivity index (χ3n) is 4.16. The molecule has 1 unspecified atom stereocenters. The molecule has 1 N–H and O–H groups in total. The van der Waals surface area contributed by atoms with Crippen LogP contribution in [0.2, 0.25) is 0 Å². The fraction of sp³-hybridized carbons (Fsp3) is 0.706. The van der Waals surface area contributed by atoms with Gasteiger partial charge in [-0.15, -0.1) is 0 Å². The Labute approximate surface area is 123 Å². The molecule has 3 heteroatoms. The second-order valence-electron chi connectivity index (χ2n) is 5.84. The smallest absolute Gasteiger partial charge is 0.0621 e. The maximum Gasteiger partial charge on any atom is 0.0621 e. The number of hydrogen-bond acceptors (Lipinski definition) is 2. The molecule has 0 aliphatic heterocycles. The number of hydrogen-bond donors (Lipinski definition) is 1. The topological polar surface area (TPSA) is 40.8 Å². The first-order valence-corrected chi connectivity index (χ1v) is 8.14. The third kappa shape index (κ3) is 4.11. The average Bonchev–Trinajstić information content (AvgIpc) is 2.77. The number of nitriles is 1. The number of fused-ring (bicyclic) bond motifs is 1. The average molecular weight is 273 g/mol. The molecule has 1 aromatic heterocycles. The van der Waals surface area contributed by atoms with E-state index in [2.05, 4.69) is 35.3 Å². The lowest BCUT2D eigenvalue weighted by Crippen LogP contribution is -2.21. The SMILES string of the molecule is CCCNC1CCCCc2cn(CCCCC#N)cc21. The lowest BCUT2D eigenvalue weighted by Gasteiger charge is -2.16. The minimum atomic E-state index is 0.549. The molecule has 1 aliphatic carbocycles. The van der Waals surface area contributed by atoms with Gasteiger partial charge in [0.05, 0.1) is 6.07 Å². The van der Waals surface area contributed by atoms with Gasteiger partial charge in [-0.1, -0.05) is 13.3 Å². The van der Waals surface area contributed by atoms with Crippen LogP contribution < -0.4 is 5.32 Å². The van der Waals surface area contributed by atoms with E-state index in [9.17, 15) is 0 Å². The number of rotatable bonds is 7. The van der Waals surface area contributed by atoms with Gasteiger partial charge < -0.3 is 9.88 Å². The van der Waals surface area contributed by atoms with Gasteiger partial charge in [0, 0.05) is 31.4 Å². The zero-order valence-corrected chi connectivity index (χ0v) is 12.7. The van der Waals surface area contributed by atoms with Crippen LogP contribution in [0.15, 0.2) is 12.4 Å². The van der Waals surface area contributed by atoms with Gasteiger partial charge in [0.2, 0.25) is 0 Å². The summed E-state index contributed by atoms with van der Waals surface area (Å²) in [5.41, 5.74) is 3.06. The maximum atomic E-state index is 8.58. The van der Waals surface area contributed by atoms with Crippen LogP contribution in [0.3, 0.4) is 0 Å². The molecule has 0 fully saturated rings. The lowest BCUT2D eigenvalue weighted by molar-refractivity contribution is 0.487. The molecule has 1 heterocycles. The van der Waals surface area contributed by atoms with Crippen LogP contribution in [0.4, 0.5) is 0 Å². The predicted octanol–water partition coefficient (Wildman–Crippen LogP) is 3.95. The quantitative estimate of drug-likeness (QED) is 0.603. The van der Waals surface area contributed by atoms with E-state index in [1.165, 1.54) is 43.2 Å². The van der Waals surface area contributed by atoms with Crippen molar-refractivity contribution in [2.75, 3.05) is 6.54 Å². The maximum absolute atomic E-state index is 8.58. The molecule has 0 aromatic carbocycles. The highest BCUT2D eigenvalue weighted by atomic mass is 15.0. The second-order valence-corrected chi connectivity index (χ2v) is 5.84. The first-order valence-electron chi connectivity index (χ1n) is 8.14. The predicted molar refractivity (Wildman–Crippen MR) is 82.5 cm³/mol. The highest BCUT2D eigenvalue weighted by Gasteiger charge is 2.19. The van der Waals surface area contributed by atoms with Gasteiger partial charge in [-0.2, -0.15) is 5.26 Å². The normalized spacial score (nSPS) is 18.3. The van der Waals surface area contributed by atoms with Crippen molar-refractivity contribution in [3.63, 3.8) is 0 Å². The Morgan fingerprint density at radius 1 is 1.35 bits per heavy atom. The van der Waals surface area contributed by atoms with E-state index >= 15 is 0 Å². The number of aromatic nitrogens is 1. The Morgan fingerprint density at radius 2 is 2.25 bits per heavy atom. The van der Waals surface area contributed by atoms with Gasteiger partial charge in [-0.3, -0.25) is 0 Å². The van der Waals surface area contributed by atoms with E-state index in [1.54, 1.807) is 0 Å². The Morgan fingerprint density at radius 3 is 3.05 bits per heavy atom. The van der Waals surface area contributed by atoms with Crippen LogP contribution in [0.1, 0.15) is 69.0 Å². The van der Waals surface area contributed by atoms with Crippen molar-refractivity contribution >= 4 is 0 Å². The molecule has 1 aliphatic rings. The fourth-order valence-corrected chi connectivity index (χ4v) is 3.07. The summed E-state index contributed by atoms with van der Waals surface area (Å²) in [6, 6.07) is 2.77. The fourth-order valence-electron chi connectivity index (χ4n) is 3.07. The minimum absolute atomic E-state index is 0.549. The van der Waals surface area contributed by atoms with Gasteiger partial charge in [0.25, 0.3) is 0 Å². The summed E-state index contributed by atoms with van der Waals surface area (Å²) in [7, 11) is 0. The molecule has 0 amide bonds. The molecule has 110 valence electrons. The van der Waals surface area contributed by atoms with E-state index in [-0.39, 0.29) is 0 Å². The molecule has 0 spiro atoms. The number of aryl methyl sites for hydroxylation is 2. The molecule has 0 saturated carbocycles. The largest absolute Gasteiger partial charge is 0.354 e. The first-order chi connectivity index (χ1) is 9.85. The molecule has 3 nitrogen and oxygen atoms in total. The monoisotopic (exact) mass is 273 g/mol. The van der Waals surface area contributed by atoms with E-state index in [0.29, 0.717) is 12.5 Å². The molecule has 0 radical (unpaired) electrons. The Hall–Kier alpha value is -1.27. The highest BCUT2D eigenvalue weighted by molar-refractivity contribution is 5.29. The van der Waals surface area contributed by atoms with Crippen LogP contribution >= 0.6 is 0 Å². The minimum Gasteiger partial charge on any atom is -0.354 e. The van der Waals surface area contributed by atoms with Crippen molar-refractivity contribution in [3.05, 3.63) is 23.5 Å². The van der Waals surface area contributed by atoms with Crippen molar-refractivity contribution in [1.82, 2.24) is 9.88 Å². The zero-order valence-electron chi connectivity index (χ0n) is 12.7. The van der Waals surface area contributed by atoms with Crippen molar-refractivity contribution in [3.8, 4) is 6.07 Å². The molecule has 0 bridgehead atoms.